The quantitative estimate of drug-likeness (QED) is 0.328. The summed E-state index contributed by atoms with van der Waals surface area (Å²) in [6.07, 6.45) is 19.6. The Balaban J connectivity index is 1.94. The molecule has 3 heteroatoms. The molecule has 2 bridgehead atoms. The molecular weight excluding hydrogens is 322 g/mol. The SMILES string of the molecule is C/C=C\C=C/CCCC(C(=O)OC1CN2CCC1CC2)/C(C)=C/C=C\C. The molecular formula is C23H35NO2. The zero-order valence-electron chi connectivity index (χ0n) is 16.7. The molecule has 3 saturated heterocycles. The summed E-state index contributed by atoms with van der Waals surface area (Å²) < 4.78 is 6.01. The second-order valence-electron chi connectivity index (χ2n) is 7.49. The van der Waals surface area contributed by atoms with Crippen LogP contribution in [0.15, 0.2) is 48.1 Å². The van der Waals surface area contributed by atoms with E-state index in [4.69, 9.17) is 4.74 Å². The Bertz CT molecular complexity index is 551. The number of allylic oxidation sites excluding steroid dienone is 7. The Morgan fingerprint density at radius 1 is 1.15 bits per heavy atom. The lowest BCUT2D eigenvalue weighted by Gasteiger charge is -2.44. The summed E-state index contributed by atoms with van der Waals surface area (Å²) in [6, 6.07) is 0. The molecule has 0 aliphatic carbocycles. The molecule has 3 heterocycles. The minimum Gasteiger partial charge on any atom is -0.460 e. The van der Waals surface area contributed by atoms with Gasteiger partial charge < -0.3 is 4.74 Å². The summed E-state index contributed by atoms with van der Waals surface area (Å²) in [5.74, 6) is 0.407. The van der Waals surface area contributed by atoms with Crippen molar-refractivity contribution in [3.8, 4) is 0 Å². The first-order valence-electron chi connectivity index (χ1n) is 10.2. The van der Waals surface area contributed by atoms with Gasteiger partial charge in [0.25, 0.3) is 0 Å². The van der Waals surface area contributed by atoms with Crippen LogP contribution in [0.25, 0.3) is 0 Å². The second kappa shape index (κ2) is 11.2. The fourth-order valence-electron chi connectivity index (χ4n) is 3.90. The molecule has 3 aliphatic rings. The van der Waals surface area contributed by atoms with Gasteiger partial charge in [0.1, 0.15) is 6.10 Å². The smallest absolute Gasteiger partial charge is 0.313 e. The van der Waals surface area contributed by atoms with E-state index >= 15 is 0 Å². The van der Waals surface area contributed by atoms with E-state index < -0.39 is 0 Å². The first-order chi connectivity index (χ1) is 12.7. The highest BCUT2D eigenvalue weighted by Gasteiger charge is 2.37. The van der Waals surface area contributed by atoms with Crippen LogP contribution in [0.4, 0.5) is 0 Å². The summed E-state index contributed by atoms with van der Waals surface area (Å²) >= 11 is 0. The summed E-state index contributed by atoms with van der Waals surface area (Å²) in [6.45, 7) is 9.32. The summed E-state index contributed by atoms with van der Waals surface area (Å²) in [7, 11) is 0. The molecule has 2 atom stereocenters. The third kappa shape index (κ3) is 6.28. The molecule has 0 N–H and O–H groups in total. The third-order valence-corrected chi connectivity index (χ3v) is 5.55. The van der Waals surface area contributed by atoms with Gasteiger partial charge in [-0.25, -0.2) is 0 Å². The fraction of sp³-hybridized carbons (Fsp3) is 0.609. The normalized spacial score (nSPS) is 27.7. The largest absolute Gasteiger partial charge is 0.460 e. The molecule has 2 unspecified atom stereocenters. The van der Waals surface area contributed by atoms with Gasteiger partial charge in [0.05, 0.1) is 5.92 Å². The van der Waals surface area contributed by atoms with E-state index in [1.54, 1.807) is 0 Å². The average molecular weight is 358 g/mol. The van der Waals surface area contributed by atoms with Crippen molar-refractivity contribution < 1.29 is 9.53 Å². The topological polar surface area (TPSA) is 29.5 Å². The maximum absolute atomic E-state index is 12.9. The van der Waals surface area contributed by atoms with E-state index in [-0.39, 0.29) is 18.0 Å². The molecule has 144 valence electrons. The number of unbranched alkanes of at least 4 members (excludes halogenated alkanes) is 1. The fourth-order valence-corrected chi connectivity index (χ4v) is 3.90. The van der Waals surface area contributed by atoms with Crippen molar-refractivity contribution in [3.63, 3.8) is 0 Å². The first kappa shape index (κ1) is 20.7. The molecule has 26 heavy (non-hydrogen) atoms. The van der Waals surface area contributed by atoms with Crippen LogP contribution in [0.5, 0.6) is 0 Å². The molecule has 3 aliphatic heterocycles. The lowest BCUT2D eigenvalue weighted by molar-refractivity contribution is -0.162. The van der Waals surface area contributed by atoms with E-state index in [0.29, 0.717) is 5.92 Å². The zero-order valence-corrected chi connectivity index (χ0v) is 16.7. The molecule has 0 spiro atoms. The van der Waals surface area contributed by atoms with Crippen LogP contribution in [0.3, 0.4) is 0 Å². The van der Waals surface area contributed by atoms with Crippen LogP contribution >= 0.6 is 0 Å². The predicted octanol–water partition coefficient (Wildman–Crippen LogP) is 5.07. The number of carbonyl (C=O) groups excluding carboxylic acids is 1. The Kier molecular flexibility index (Phi) is 8.90. The monoisotopic (exact) mass is 357 g/mol. The standard InChI is InChI=1S/C23H35NO2/c1-4-6-8-9-10-11-13-21(19(3)12-7-5-2)23(25)26-22-18-24-16-14-20(22)15-17-24/h4-9,12,20-22H,10-11,13-18H2,1-3H3/b6-4-,7-5-,9-8-,19-12+. The van der Waals surface area contributed by atoms with Crippen LogP contribution in [0.2, 0.25) is 0 Å². The molecule has 0 aromatic rings. The summed E-state index contributed by atoms with van der Waals surface area (Å²) in [5, 5.41) is 0. The van der Waals surface area contributed by atoms with Crippen LogP contribution < -0.4 is 0 Å². The van der Waals surface area contributed by atoms with E-state index in [2.05, 4.69) is 30.1 Å². The van der Waals surface area contributed by atoms with E-state index in [9.17, 15) is 4.79 Å². The van der Waals surface area contributed by atoms with Gasteiger partial charge in [0, 0.05) is 6.54 Å². The van der Waals surface area contributed by atoms with Crippen molar-refractivity contribution in [2.24, 2.45) is 11.8 Å². The summed E-state index contributed by atoms with van der Waals surface area (Å²) in [5.41, 5.74) is 1.10. The maximum atomic E-state index is 12.9. The van der Waals surface area contributed by atoms with Crippen molar-refractivity contribution in [1.29, 1.82) is 0 Å². The number of nitrogens with zero attached hydrogens (tertiary/aromatic N) is 1. The van der Waals surface area contributed by atoms with Crippen molar-refractivity contribution in [1.82, 2.24) is 4.90 Å². The highest BCUT2D eigenvalue weighted by atomic mass is 16.5. The maximum Gasteiger partial charge on any atom is 0.313 e. The van der Waals surface area contributed by atoms with Gasteiger partial charge in [0.2, 0.25) is 0 Å². The number of rotatable bonds is 9. The summed E-state index contributed by atoms with van der Waals surface area (Å²) in [4.78, 5) is 15.4. The van der Waals surface area contributed by atoms with Crippen LogP contribution in [0.1, 0.15) is 52.9 Å². The first-order valence-corrected chi connectivity index (χ1v) is 10.2. The third-order valence-electron chi connectivity index (χ3n) is 5.55. The van der Waals surface area contributed by atoms with Gasteiger partial charge >= 0.3 is 5.97 Å². The van der Waals surface area contributed by atoms with Crippen molar-refractivity contribution in [2.75, 3.05) is 19.6 Å². The van der Waals surface area contributed by atoms with E-state index in [1.807, 2.05) is 38.2 Å². The molecule has 0 saturated carbocycles. The number of piperidine rings is 3. The number of hydrogen-bond acceptors (Lipinski definition) is 3. The van der Waals surface area contributed by atoms with Crippen molar-refractivity contribution in [3.05, 3.63) is 48.1 Å². The molecule has 0 aromatic heterocycles. The zero-order chi connectivity index (χ0) is 18.8. The number of carbonyl (C=O) groups is 1. The number of ether oxygens (including phenoxy) is 1. The Labute approximate surface area is 159 Å². The lowest BCUT2D eigenvalue weighted by Crippen LogP contribution is -2.52. The number of esters is 1. The van der Waals surface area contributed by atoms with Crippen molar-refractivity contribution >= 4 is 5.97 Å². The molecule has 0 aromatic carbocycles. The lowest BCUT2D eigenvalue weighted by atomic mass is 9.85. The molecule has 3 nitrogen and oxygen atoms in total. The molecule has 0 amide bonds. The molecule has 3 fully saturated rings. The average Bonchev–Trinajstić information content (AvgIpc) is 2.66. The van der Waals surface area contributed by atoms with E-state index in [1.165, 1.54) is 25.9 Å². The highest BCUT2D eigenvalue weighted by molar-refractivity contribution is 5.76. The predicted molar refractivity (Wildman–Crippen MR) is 109 cm³/mol. The van der Waals surface area contributed by atoms with Gasteiger partial charge in [-0.2, -0.15) is 0 Å². The van der Waals surface area contributed by atoms with Crippen LogP contribution in [-0.4, -0.2) is 36.6 Å². The number of hydrogen-bond donors (Lipinski definition) is 0. The Hall–Kier alpha value is -1.61. The van der Waals surface area contributed by atoms with Gasteiger partial charge in [-0.3, -0.25) is 9.69 Å². The van der Waals surface area contributed by atoms with Gasteiger partial charge in [-0.05, 0) is 71.9 Å². The van der Waals surface area contributed by atoms with Crippen LogP contribution in [-0.2, 0) is 9.53 Å². The van der Waals surface area contributed by atoms with E-state index in [0.717, 1.165) is 31.4 Å². The second-order valence-corrected chi connectivity index (χ2v) is 7.49. The minimum absolute atomic E-state index is 0.0283. The van der Waals surface area contributed by atoms with Crippen molar-refractivity contribution in [2.45, 2.75) is 59.0 Å². The Morgan fingerprint density at radius 3 is 2.50 bits per heavy atom. The van der Waals surface area contributed by atoms with Crippen LogP contribution in [0, 0.1) is 11.8 Å². The Morgan fingerprint density at radius 2 is 1.88 bits per heavy atom. The molecule has 0 radical (unpaired) electrons. The van der Waals surface area contributed by atoms with Gasteiger partial charge in [0.15, 0.2) is 0 Å². The van der Waals surface area contributed by atoms with Gasteiger partial charge in [-0.1, -0.05) is 48.1 Å². The highest BCUT2D eigenvalue weighted by Crippen LogP contribution is 2.31. The van der Waals surface area contributed by atoms with Gasteiger partial charge in [-0.15, -0.1) is 0 Å². The minimum atomic E-state index is -0.128. The molecule has 3 rings (SSSR count). The number of fused-ring (bicyclic) bond motifs is 3.